The molecule has 0 spiro atoms. The molecule has 2 aliphatic heterocycles. The first-order valence-corrected chi connectivity index (χ1v) is 12.3. The molecule has 2 aromatic rings. The van der Waals surface area contributed by atoms with Gasteiger partial charge in [-0.3, -0.25) is 4.79 Å². The zero-order valence-corrected chi connectivity index (χ0v) is 18.9. The highest BCUT2D eigenvalue weighted by atomic mass is 32.2. The summed E-state index contributed by atoms with van der Waals surface area (Å²) in [5.41, 5.74) is 2.74. The van der Waals surface area contributed by atoms with Crippen molar-refractivity contribution >= 4 is 15.9 Å². The molecule has 2 fully saturated rings. The molecule has 166 valence electrons. The Hall–Kier alpha value is -2.25. The molecule has 0 unspecified atom stereocenters. The normalized spacial score (nSPS) is 20.9. The molecule has 5 nitrogen and oxygen atoms in total. The monoisotopic (exact) mass is 444 g/mol. The Morgan fingerprint density at radius 2 is 1.65 bits per heavy atom. The van der Waals surface area contributed by atoms with Gasteiger partial charge in [0.05, 0.1) is 10.9 Å². The maximum absolute atomic E-state index is 13.3. The lowest BCUT2D eigenvalue weighted by atomic mass is 9.95. The highest BCUT2D eigenvalue weighted by Crippen LogP contribution is 2.35. The molecule has 2 aliphatic rings. The molecule has 0 bridgehead atoms. The maximum atomic E-state index is 13.3. The van der Waals surface area contributed by atoms with Crippen molar-refractivity contribution in [3.8, 4) is 0 Å². The lowest BCUT2D eigenvalue weighted by Crippen LogP contribution is -2.44. The molecular formula is C24H29FN2O3S. The van der Waals surface area contributed by atoms with Crippen molar-refractivity contribution in [2.75, 3.05) is 19.6 Å². The standard InChI is InChI=1S/C24H29FN2O3S/c1-17-5-10-23(18(2)16-17)31(29,30)26-14-11-20(12-15-26)24(28)27-13-3-4-22(27)19-6-8-21(25)9-7-19/h5-10,16,20,22H,3-4,11-15H2,1-2H3/t22-/m1/s1. The van der Waals surface area contributed by atoms with Crippen molar-refractivity contribution in [3.63, 3.8) is 0 Å². The summed E-state index contributed by atoms with van der Waals surface area (Å²) in [5.74, 6) is -0.362. The zero-order valence-electron chi connectivity index (χ0n) is 18.1. The van der Waals surface area contributed by atoms with E-state index in [1.54, 1.807) is 18.2 Å². The first-order chi connectivity index (χ1) is 14.8. The van der Waals surface area contributed by atoms with Crippen LogP contribution in [0.5, 0.6) is 0 Å². The van der Waals surface area contributed by atoms with Gasteiger partial charge in [0.25, 0.3) is 0 Å². The van der Waals surface area contributed by atoms with Crippen LogP contribution >= 0.6 is 0 Å². The molecule has 2 aromatic carbocycles. The number of nitrogens with zero attached hydrogens (tertiary/aromatic N) is 2. The van der Waals surface area contributed by atoms with Gasteiger partial charge in [0.1, 0.15) is 5.82 Å². The Kier molecular flexibility index (Phi) is 6.17. The van der Waals surface area contributed by atoms with Gasteiger partial charge in [-0.05, 0) is 68.9 Å². The van der Waals surface area contributed by atoms with Gasteiger partial charge in [0, 0.05) is 25.6 Å². The lowest BCUT2D eigenvalue weighted by Gasteiger charge is -2.34. The third-order valence-electron chi connectivity index (χ3n) is 6.54. The number of likely N-dealkylation sites (tertiary alicyclic amines) is 1. The van der Waals surface area contributed by atoms with Crippen LogP contribution in [0.2, 0.25) is 0 Å². The summed E-state index contributed by atoms with van der Waals surface area (Å²) >= 11 is 0. The molecule has 1 amide bonds. The second-order valence-corrected chi connectivity index (χ2v) is 10.6. The summed E-state index contributed by atoms with van der Waals surface area (Å²) in [6.07, 6.45) is 2.84. The average molecular weight is 445 g/mol. The van der Waals surface area contributed by atoms with Crippen molar-refractivity contribution in [1.82, 2.24) is 9.21 Å². The number of amides is 1. The highest BCUT2D eigenvalue weighted by molar-refractivity contribution is 7.89. The number of carbonyl (C=O) groups excluding carboxylic acids is 1. The van der Waals surface area contributed by atoms with E-state index < -0.39 is 10.0 Å². The number of piperidine rings is 1. The van der Waals surface area contributed by atoms with Crippen LogP contribution in [0.1, 0.15) is 48.4 Å². The minimum atomic E-state index is -3.56. The van der Waals surface area contributed by atoms with Crippen LogP contribution < -0.4 is 0 Å². The smallest absolute Gasteiger partial charge is 0.243 e. The van der Waals surface area contributed by atoms with Gasteiger partial charge in [-0.25, -0.2) is 12.8 Å². The van der Waals surface area contributed by atoms with Crippen LogP contribution in [0.25, 0.3) is 0 Å². The summed E-state index contributed by atoms with van der Waals surface area (Å²) < 4.78 is 41.0. The van der Waals surface area contributed by atoms with Gasteiger partial charge in [0.15, 0.2) is 0 Å². The Balaban J connectivity index is 1.43. The van der Waals surface area contributed by atoms with Crippen molar-refractivity contribution in [1.29, 1.82) is 0 Å². The molecule has 31 heavy (non-hydrogen) atoms. The van der Waals surface area contributed by atoms with E-state index in [1.165, 1.54) is 16.4 Å². The van der Waals surface area contributed by atoms with Crippen molar-refractivity contribution in [3.05, 3.63) is 65.0 Å². The van der Waals surface area contributed by atoms with Crippen LogP contribution in [-0.2, 0) is 14.8 Å². The fourth-order valence-electron chi connectivity index (χ4n) is 4.87. The molecular weight excluding hydrogens is 415 g/mol. The summed E-state index contributed by atoms with van der Waals surface area (Å²) in [7, 11) is -3.56. The minimum absolute atomic E-state index is 0.0231. The van der Waals surface area contributed by atoms with Gasteiger partial charge in [-0.15, -0.1) is 0 Å². The zero-order chi connectivity index (χ0) is 22.2. The summed E-state index contributed by atoms with van der Waals surface area (Å²) in [6.45, 7) is 5.15. The van der Waals surface area contributed by atoms with Crippen molar-refractivity contribution in [2.24, 2.45) is 5.92 Å². The SMILES string of the molecule is Cc1ccc(S(=O)(=O)N2CCC(C(=O)N3CCC[C@@H]3c3ccc(F)cc3)CC2)c(C)c1. The Labute approximate surface area is 183 Å². The van der Waals surface area contributed by atoms with E-state index in [2.05, 4.69) is 0 Å². The number of halogens is 1. The molecule has 2 heterocycles. The molecule has 0 aromatic heterocycles. The number of carbonyl (C=O) groups is 1. The molecule has 4 rings (SSSR count). The first-order valence-electron chi connectivity index (χ1n) is 10.9. The fourth-order valence-corrected chi connectivity index (χ4v) is 6.54. The highest BCUT2D eigenvalue weighted by Gasteiger charge is 2.37. The molecule has 0 aliphatic carbocycles. The summed E-state index contributed by atoms with van der Waals surface area (Å²) in [4.78, 5) is 15.5. The number of benzene rings is 2. The van der Waals surface area contributed by atoms with Crippen LogP contribution in [0.4, 0.5) is 4.39 Å². The summed E-state index contributed by atoms with van der Waals surface area (Å²) in [5, 5.41) is 0. The van der Waals surface area contributed by atoms with Gasteiger partial charge in [0.2, 0.25) is 15.9 Å². The largest absolute Gasteiger partial charge is 0.335 e. The second kappa shape index (κ2) is 8.71. The maximum Gasteiger partial charge on any atom is 0.243 e. The van der Waals surface area contributed by atoms with E-state index in [4.69, 9.17) is 0 Å². The van der Waals surface area contributed by atoms with Crippen LogP contribution in [0.3, 0.4) is 0 Å². The number of aryl methyl sites for hydroxylation is 2. The first kappa shape index (κ1) is 22.0. The quantitative estimate of drug-likeness (QED) is 0.710. The molecule has 0 saturated carbocycles. The van der Waals surface area contributed by atoms with Crippen molar-refractivity contribution in [2.45, 2.75) is 50.5 Å². The minimum Gasteiger partial charge on any atom is -0.335 e. The predicted octanol–water partition coefficient (Wildman–Crippen LogP) is 4.21. The topological polar surface area (TPSA) is 57.7 Å². The summed E-state index contributed by atoms with van der Waals surface area (Å²) in [6, 6.07) is 11.7. The van der Waals surface area contributed by atoms with Crippen LogP contribution in [-0.4, -0.2) is 43.2 Å². The van der Waals surface area contributed by atoms with Gasteiger partial charge >= 0.3 is 0 Å². The Morgan fingerprint density at radius 3 is 2.29 bits per heavy atom. The van der Waals surface area contributed by atoms with E-state index in [0.717, 1.165) is 29.5 Å². The Morgan fingerprint density at radius 1 is 0.968 bits per heavy atom. The van der Waals surface area contributed by atoms with E-state index in [0.29, 0.717) is 37.4 Å². The van der Waals surface area contributed by atoms with E-state index in [9.17, 15) is 17.6 Å². The van der Waals surface area contributed by atoms with E-state index >= 15 is 0 Å². The lowest BCUT2D eigenvalue weighted by molar-refractivity contribution is -0.137. The fraction of sp³-hybridized carbons (Fsp3) is 0.458. The number of sulfonamides is 1. The van der Waals surface area contributed by atoms with Gasteiger partial charge in [-0.2, -0.15) is 4.31 Å². The second-order valence-electron chi connectivity index (χ2n) is 8.69. The average Bonchev–Trinajstić information content (AvgIpc) is 3.23. The van der Waals surface area contributed by atoms with Crippen LogP contribution in [0.15, 0.2) is 47.4 Å². The van der Waals surface area contributed by atoms with Gasteiger partial charge < -0.3 is 4.90 Å². The predicted molar refractivity (Wildman–Crippen MR) is 117 cm³/mol. The Bertz CT molecular complexity index is 1060. The molecule has 0 N–H and O–H groups in total. The molecule has 1 atom stereocenters. The van der Waals surface area contributed by atoms with Crippen LogP contribution in [0, 0.1) is 25.6 Å². The number of rotatable bonds is 4. The molecule has 0 radical (unpaired) electrons. The number of hydrogen-bond donors (Lipinski definition) is 0. The van der Waals surface area contributed by atoms with Gasteiger partial charge in [-0.1, -0.05) is 29.8 Å². The van der Waals surface area contributed by atoms with E-state index in [-0.39, 0.29) is 23.7 Å². The van der Waals surface area contributed by atoms with E-state index in [1.807, 2.05) is 30.9 Å². The third kappa shape index (κ3) is 4.39. The molecule has 2 saturated heterocycles. The number of hydrogen-bond acceptors (Lipinski definition) is 3. The third-order valence-corrected chi connectivity index (χ3v) is 8.60. The van der Waals surface area contributed by atoms with Crippen molar-refractivity contribution < 1.29 is 17.6 Å². The molecule has 7 heteroatoms.